The molecule has 0 amide bonds. The Hall–Kier alpha value is -1.43. The van der Waals surface area contributed by atoms with Crippen molar-refractivity contribution in [3.8, 4) is 0 Å². The quantitative estimate of drug-likeness (QED) is 0.900. The van der Waals surface area contributed by atoms with Crippen LogP contribution in [0.3, 0.4) is 0 Å². The Balaban J connectivity index is 1.64. The standard InChI is InChI=1S/C11H15N5S/c1-3-9-6-17-11(13-9)16-4-8(5-16)10-12-7(2)14-15-10/h6,8H,3-5H2,1-2H3,(H,12,14,15). The van der Waals surface area contributed by atoms with Gasteiger partial charge < -0.3 is 4.90 Å². The molecule has 3 heterocycles. The molecule has 0 spiro atoms. The molecule has 0 bridgehead atoms. The highest BCUT2D eigenvalue weighted by Crippen LogP contribution is 2.31. The first-order valence-electron chi connectivity index (χ1n) is 5.84. The van der Waals surface area contributed by atoms with Gasteiger partial charge in [-0.25, -0.2) is 9.97 Å². The van der Waals surface area contributed by atoms with Crippen LogP contribution in [0.2, 0.25) is 0 Å². The normalized spacial score (nSPS) is 16.2. The fourth-order valence-corrected chi connectivity index (χ4v) is 2.87. The lowest BCUT2D eigenvalue weighted by molar-refractivity contribution is 0.501. The van der Waals surface area contributed by atoms with Gasteiger partial charge in [-0.15, -0.1) is 11.3 Å². The van der Waals surface area contributed by atoms with E-state index in [9.17, 15) is 0 Å². The van der Waals surface area contributed by atoms with Crippen molar-refractivity contribution in [3.63, 3.8) is 0 Å². The summed E-state index contributed by atoms with van der Waals surface area (Å²) < 4.78 is 0. The summed E-state index contributed by atoms with van der Waals surface area (Å²) in [6.45, 7) is 6.03. The first-order valence-corrected chi connectivity index (χ1v) is 6.72. The van der Waals surface area contributed by atoms with Gasteiger partial charge in [0.25, 0.3) is 0 Å². The SMILES string of the molecule is CCc1csc(N2CC(c3n[nH]c(C)n3)C2)n1. The van der Waals surface area contributed by atoms with Crippen LogP contribution in [-0.4, -0.2) is 33.3 Å². The summed E-state index contributed by atoms with van der Waals surface area (Å²) in [6, 6.07) is 0. The molecule has 0 saturated carbocycles. The van der Waals surface area contributed by atoms with E-state index in [-0.39, 0.29) is 0 Å². The van der Waals surface area contributed by atoms with E-state index in [1.807, 2.05) is 6.92 Å². The minimum atomic E-state index is 0.453. The van der Waals surface area contributed by atoms with E-state index in [4.69, 9.17) is 0 Å². The molecule has 1 aliphatic rings. The largest absolute Gasteiger partial charge is 0.346 e. The van der Waals surface area contributed by atoms with Gasteiger partial charge in [-0.05, 0) is 13.3 Å². The Labute approximate surface area is 104 Å². The number of hydrogen-bond acceptors (Lipinski definition) is 5. The second kappa shape index (κ2) is 4.10. The maximum Gasteiger partial charge on any atom is 0.185 e. The first kappa shape index (κ1) is 10.7. The number of hydrogen-bond donors (Lipinski definition) is 1. The van der Waals surface area contributed by atoms with Crippen LogP contribution in [0.5, 0.6) is 0 Å². The number of H-pyrrole nitrogens is 1. The predicted molar refractivity (Wildman–Crippen MR) is 67.6 cm³/mol. The number of nitrogens with zero attached hydrogens (tertiary/aromatic N) is 4. The molecule has 1 fully saturated rings. The summed E-state index contributed by atoms with van der Waals surface area (Å²) in [4.78, 5) is 11.2. The number of rotatable bonds is 3. The molecule has 1 saturated heterocycles. The monoisotopic (exact) mass is 249 g/mol. The first-order chi connectivity index (χ1) is 8.26. The lowest BCUT2D eigenvalue weighted by atomic mass is 10.0. The van der Waals surface area contributed by atoms with Gasteiger partial charge in [0.15, 0.2) is 11.0 Å². The van der Waals surface area contributed by atoms with Crippen molar-refractivity contribution in [2.45, 2.75) is 26.2 Å². The molecule has 0 atom stereocenters. The highest BCUT2D eigenvalue weighted by atomic mass is 32.1. The molecule has 1 aliphatic heterocycles. The van der Waals surface area contributed by atoms with Crippen LogP contribution < -0.4 is 4.90 Å². The third-order valence-corrected chi connectivity index (χ3v) is 3.98. The Kier molecular flexibility index (Phi) is 2.58. The summed E-state index contributed by atoms with van der Waals surface area (Å²) >= 11 is 1.73. The molecule has 5 nitrogen and oxygen atoms in total. The molecular formula is C11H15N5S. The average Bonchev–Trinajstić information content (AvgIpc) is 2.86. The summed E-state index contributed by atoms with van der Waals surface area (Å²) in [7, 11) is 0. The van der Waals surface area contributed by atoms with Crippen LogP contribution in [0.4, 0.5) is 5.13 Å². The molecule has 2 aromatic heterocycles. The van der Waals surface area contributed by atoms with E-state index < -0.39 is 0 Å². The van der Waals surface area contributed by atoms with Gasteiger partial charge in [0.1, 0.15) is 5.82 Å². The second-order valence-corrected chi connectivity index (χ2v) is 5.19. The molecule has 0 radical (unpaired) electrons. The minimum absolute atomic E-state index is 0.453. The van der Waals surface area contributed by atoms with E-state index in [2.05, 4.69) is 37.4 Å². The van der Waals surface area contributed by atoms with Gasteiger partial charge >= 0.3 is 0 Å². The van der Waals surface area contributed by atoms with Crippen molar-refractivity contribution in [2.24, 2.45) is 0 Å². The lowest BCUT2D eigenvalue weighted by Gasteiger charge is -2.37. The molecule has 1 N–H and O–H groups in total. The van der Waals surface area contributed by atoms with Gasteiger partial charge in [-0.3, -0.25) is 5.10 Å². The molecular weight excluding hydrogens is 234 g/mol. The van der Waals surface area contributed by atoms with E-state index in [1.54, 1.807) is 11.3 Å². The summed E-state index contributed by atoms with van der Waals surface area (Å²) in [5, 5.41) is 10.4. The molecule has 0 unspecified atom stereocenters. The summed E-state index contributed by atoms with van der Waals surface area (Å²) in [5.74, 6) is 2.28. The Morgan fingerprint density at radius 3 is 2.88 bits per heavy atom. The van der Waals surface area contributed by atoms with Gasteiger partial charge in [0.2, 0.25) is 0 Å². The number of anilines is 1. The number of nitrogens with one attached hydrogen (secondary N) is 1. The molecule has 90 valence electrons. The van der Waals surface area contributed by atoms with Gasteiger partial charge in [0.05, 0.1) is 11.6 Å². The Morgan fingerprint density at radius 1 is 1.47 bits per heavy atom. The topological polar surface area (TPSA) is 57.7 Å². The third kappa shape index (κ3) is 1.93. The zero-order valence-corrected chi connectivity index (χ0v) is 10.8. The predicted octanol–water partition coefficient (Wildman–Crippen LogP) is 1.74. The van der Waals surface area contributed by atoms with E-state index in [1.165, 1.54) is 5.69 Å². The van der Waals surface area contributed by atoms with Gasteiger partial charge in [0, 0.05) is 18.5 Å². The summed E-state index contributed by atoms with van der Waals surface area (Å²) in [6.07, 6.45) is 1.01. The van der Waals surface area contributed by atoms with Crippen LogP contribution in [0.25, 0.3) is 0 Å². The number of aromatic nitrogens is 4. The highest BCUT2D eigenvalue weighted by Gasteiger charge is 2.32. The molecule has 0 aliphatic carbocycles. The molecule has 0 aromatic carbocycles. The fourth-order valence-electron chi connectivity index (χ4n) is 1.94. The van der Waals surface area contributed by atoms with Crippen molar-refractivity contribution in [3.05, 3.63) is 22.7 Å². The van der Waals surface area contributed by atoms with Crippen LogP contribution in [0.1, 0.15) is 30.2 Å². The van der Waals surface area contributed by atoms with Crippen LogP contribution in [0, 0.1) is 6.92 Å². The van der Waals surface area contributed by atoms with Crippen molar-refractivity contribution >= 4 is 16.5 Å². The van der Waals surface area contributed by atoms with E-state index in [0.717, 1.165) is 36.3 Å². The average molecular weight is 249 g/mol. The molecule has 6 heteroatoms. The number of aromatic amines is 1. The molecule has 17 heavy (non-hydrogen) atoms. The van der Waals surface area contributed by atoms with Crippen LogP contribution in [0.15, 0.2) is 5.38 Å². The van der Waals surface area contributed by atoms with Gasteiger partial charge in [-0.1, -0.05) is 6.92 Å². The number of thiazole rings is 1. The van der Waals surface area contributed by atoms with E-state index >= 15 is 0 Å². The number of aryl methyl sites for hydroxylation is 2. The Morgan fingerprint density at radius 2 is 2.29 bits per heavy atom. The van der Waals surface area contributed by atoms with Crippen molar-refractivity contribution in [1.29, 1.82) is 0 Å². The fraction of sp³-hybridized carbons (Fsp3) is 0.545. The van der Waals surface area contributed by atoms with Crippen molar-refractivity contribution in [2.75, 3.05) is 18.0 Å². The maximum atomic E-state index is 4.58. The van der Waals surface area contributed by atoms with Gasteiger partial charge in [-0.2, -0.15) is 5.10 Å². The highest BCUT2D eigenvalue weighted by molar-refractivity contribution is 7.13. The zero-order valence-electron chi connectivity index (χ0n) is 9.97. The second-order valence-electron chi connectivity index (χ2n) is 4.36. The third-order valence-electron chi connectivity index (χ3n) is 3.03. The van der Waals surface area contributed by atoms with Crippen molar-refractivity contribution < 1.29 is 0 Å². The van der Waals surface area contributed by atoms with Crippen molar-refractivity contribution in [1.82, 2.24) is 20.2 Å². The molecule has 3 rings (SSSR count). The molecule has 2 aromatic rings. The van der Waals surface area contributed by atoms with Crippen LogP contribution >= 0.6 is 11.3 Å². The smallest absolute Gasteiger partial charge is 0.185 e. The van der Waals surface area contributed by atoms with E-state index in [0.29, 0.717) is 5.92 Å². The minimum Gasteiger partial charge on any atom is -0.346 e. The lowest BCUT2D eigenvalue weighted by Crippen LogP contribution is -2.45. The summed E-state index contributed by atoms with van der Waals surface area (Å²) in [5.41, 5.74) is 1.18. The maximum absolute atomic E-state index is 4.58. The Bertz CT molecular complexity index is 511. The van der Waals surface area contributed by atoms with Crippen LogP contribution in [-0.2, 0) is 6.42 Å². The zero-order chi connectivity index (χ0) is 11.8.